The number of carboxylic acid groups (broad SMARTS) is 4. The topological polar surface area (TPSA) is 188 Å². The van der Waals surface area contributed by atoms with E-state index in [9.17, 15) is 39.6 Å². The van der Waals surface area contributed by atoms with Gasteiger partial charge in [0.05, 0.1) is 34.4 Å². The van der Waals surface area contributed by atoms with E-state index in [-0.39, 0.29) is 22.3 Å². The number of hydrogen-bond acceptors (Lipinski definition) is 8. The summed E-state index contributed by atoms with van der Waals surface area (Å²) in [6.45, 7) is 0. The van der Waals surface area contributed by atoms with Crippen molar-refractivity contribution in [2.24, 2.45) is 0 Å². The van der Waals surface area contributed by atoms with Crippen LogP contribution in [0.1, 0.15) is 41.4 Å². The lowest BCUT2D eigenvalue weighted by Crippen LogP contribution is -2.21. The summed E-state index contributed by atoms with van der Waals surface area (Å²) in [5, 5.41) is 41.9. The Balaban J connectivity index is 0.000000191. The first-order valence-corrected chi connectivity index (χ1v) is 19.9. The highest BCUT2D eigenvalue weighted by Gasteiger charge is 2.25. The van der Waals surface area contributed by atoms with E-state index < -0.39 is 23.9 Å². The third kappa shape index (κ3) is 8.36. The molecule has 14 heteroatoms. The number of hydrogen-bond donors (Lipinski definition) is 4. The van der Waals surface area contributed by atoms with Gasteiger partial charge in [-0.2, -0.15) is 0 Å². The Morgan fingerprint density at radius 2 is 0.859 bits per heavy atom. The summed E-state index contributed by atoms with van der Waals surface area (Å²) in [6.07, 6.45) is 0. The fourth-order valence-electron chi connectivity index (χ4n) is 7.57. The highest BCUT2D eigenvalue weighted by Crippen LogP contribution is 2.44. The van der Waals surface area contributed by atoms with Crippen molar-refractivity contribution in [3.8, 4) is 44.9 Å². The van der Waals surface area contributed by atoms with Gasteiger partial charge in [-0.3, -0.25) is 0 Å². The zero-order valence-corrected chi connectivity index (χ0v) is 36.4. The van der Waals surface area contributed by atoms with Gasteiger partial charge in [-0.25, -0.2) is 28.3 Å². The molecular weight excluding hydrogens is 817 g/mol. The first kappa shape index (κ1) is 43.8. The monoisotopic (exact) mass is 862 g/mol. The second-order valence-electron chi connectivity index (χ2n) is 16.0. The Kier molecular flexibility index (Phi) is 11.8. The molecule has 0 spiro atoms. The Labute approximate surface area is 367 Å². The molecule has 2 heterocycles. The molecule has 4 aliphatic rings. The summed E-state index contributed by atoms with van der Waals surface area (Å²) in [7, 11) is 15.4. The Bertz CT molecular complexity index is 3300. The van der Waals surface area contributed by atoms with Gasteiger partial charge in [-0.1, -0.05) is 6.07 Å². The first-order chi connectivity index (χ1) is 30.3. The number of aromatic carboxylic acids is 4. The molecule has 0 fully saturated rings. The van der Waals surface area contributed by atoms with E-state index in [0.29, 0.717) is 55.9 Å². The Hall–Kier alpha value is -8.26. The number of anilines is 2. The Morgan fingerprint density at radius 1 is 0.438 bits per heavy atom. The molecule has 0 atom stereocenters. The third-order valence-electron chi connectivity index (χ3n) is 11.0. The summed E-state index contributed by atoms with van der Waals surface area (Å²) in [4.78, 5) is 51.1. The molecule has 4 aromatic rings. The molecule has 0 saturated heterocycles. The van der Waals surface area contributed by atoms with Crippen molar-refractivity contribution in [1.29, 1.82) is 0 Å². The second kappa shape index (κ2) is 17.2. The van der Waals surface area contributed by atoms with Crippen molar-refractivity contribution in [2.45, 2.75) is 0 Å². The summed E-state index contributed by atoms with van der Waals surface area (Å²) < 4.78 is 16.4. The molecule has 0 amide bonds. The highest BCUT2D eigenvalue weighted by atomic mass is 16.4. The van der Waals surface area contributed by atoms with Crippen LogP contribution in [0.25, 0.3) is 66.8 Å². The molecule has 4 N–H and O–H groups in total. The van der Waals surface area contributed by atoms with Crippen molar-refractivity contribution in [1.82, 2.24) is 9.15 Å². The van der Waals surface area contributed by atoms with Gasteiger partial charge in [0.15, 0.2) is 0 Å². The molecule has 4 aromatic carbocycles. The van der Waals surface area contributed by atoms with Crippen molar-refractivity contribution < 1.29 is 48.4 Å². The minimum absolute atomic E-state index is 0.0157. The zero-order chi connectivity index (χ0) is 46.3. The number of carbonyl (C=O) groups is 4. The predicted molar refractivity (Wildman–Crippen MR) is 247 cm³/mol. The van der Waals surface area contributed by atoms with E-state index in [1.54, 1.807) is 6.07 Å². The molecule has 0 saturated carbocycles. The van der Waals surface area contributed by atoms with Crippen LogP contribution in [0.3, 0.4) is 0 Å². The minimum atomic E-state index is -1.19. The van der Waals surface area contributed by atoms with Gasteiger partial charge >= 0.3 is 23.9 Å². The predicted octanol–water partition coefficient (Wildman–Crippen LogP) is 7.40. The maximum absolute atomic E-state index is 12.1. The molecule has 0 radical (unpaired) electrons. The first-order valence-electron chi connectivity index (χ1n) is 19.9. The van der Waals surface area contributed by atoms with Crippen LogP contribution in [0.15, 0.2) is 118 Å². The van der Waals surface area contributed by atoms with Crippen LogP contribution in [0.5, 0.6) is 0 Å². The average Bonchev–Trinajstić information content (AvgIpc) is 3.26. The van der Waals surface area contributed by atoms with Gasteiger partial charge in [-0.15, -0.1) is 0 Å². The lowest BCUT2D eigenvalue weighted by atomic mass is 9.89. The molecule has 8 rings (SSSR count). The van der Waals surface area contributed by atoms with Gasteiger partial charge < -0.3 is 39.1 Å². The number of carboxylic acids is 4. The lowest BCUT2D eigenvalue weighted by Gasteiger charge is -2.19. The molecule has 324 valence electrons. The van der Waals surface area contributed by atoms with Crippen LogP contribution in [-0.4, -0.2) is 101 Å². The molecule has 2 aliphatic carbocycles. The molecule has 64 heavy (non-hydrogen) atoms. The average molecular weight is 863 g/mol. The van der Waals surface area contributed by atoms with E-state index in [1.165, 1.54) is 30.3 Å². The van der Waals surface area contributed by atoms with Crippen molar-refractivity contribution in [2.75, 3.05) is 66.2 Å². The highest BCUT2D eigenvalue weighted by molar-refractivity contribution is 6.10. The quantitative estimate of drug-likeness (QED) is 0.0877. The van der Waals surface area contributed by atoms with E-state index >= 15 is 0 Å². The summed E-state index contributed by atoms with van der Waals surface area (Å²) in [5.74, 6) is -3.45. The maximum Gasteiger partial charge on any atom is 0.336 e. The largest absolute Gasteiger partial charge is 0.478 e. The fraction of sp³-hybridized carbons (Fsp3) is 0.160. The molecular formula is C50H46N4O10+2. The molecule has 0 aromatic heterocycles. The van der Waals surface area contributed by atoms with Gasteiger partial charge in [0.1, 0.15) is 50.9 Å². The normalized spacial score (nSPS) is 11.0. The van der Waals surface area contributed by atoms with Crippen LogP contribution < -0.4 is 29.7 Å². The Morgan fingerprint density at radius 3 is 1.28 bits per heavy atom. The smallest absolute Gasteiger partial charge is 0.336 e. The van der Waals surface area contributed by atoms with Crippen LogP contribution in [0.4, 0.5) is 11.4 Å². The van der Waals surface area contributed by atoms with Crippen LogP contribution in [0.2, 0.25) is 0 Å². The summed E-state index contributed by atoms with van der Waals surface area (Å²) >= 11 is 0. The zero-order valence-electron chi connectivity index (χ0n) is 36.4. The minimum Gasteiger partial charge on any atom is -0.478 e. The molecule has 0 bridgehead atoms. The second-order valence-corrected chi connectivity index (χ2v) is 16.0. The van der Waals surface area contributed by atoms with Gasteiger partial charge in [0, 0.05) is 96.9 Å². The number of rotatable bonds is 8. The summed E-state index contributed by atoms with van der Waals surface area (Å²) in [6, 6.07) is 31.1. The van der Waals surface area contributed by atoms with Crippen LogP contribution in [-0.2, 0) is 0 Å². The molecule has 0 unspecified atom stereocenters. The fourth-order valence-corrected chi connectivity index (χ4v) is 7.57. The van der Waals surface area contributed by atoms with Gasteiger partial charge in [0.2, 0.25) is 10.7 Å². The van der Waals surface area contributed by atoms with Crippen molar-refractivity contribution >= 4 is 57.2 Å². The number of benzene rings is 6. The van der Waals surface area contributed by atoms with Crippen molar-refractivity contribution in [3.63, 3.8) is 0 Å². The molecule has 2 aliphatic heterocycles. The van der Waals surface area contributed by atoms with Gasteiger partial charge in [-0.05, 0) is 77.9 Å². The van der Waals surface area contributed by atoms with E-state index in [2.05, 4.69) is 0 Å². The third-order valence-corrected chi connectivity index (χ3v) is 11.0. The van der Waals surface area contributed by atoms with E-state index in [1.807, 2.05) is 148 Å². The van der Waals surface area contributed by atoms with Crippen LogP contribution in [0, 0.1) is 0 Å². The lowest BCUT2D eigenvalue weighted by molar-refractivity contribution is 0.0682. The van der Waals surface area contributed by atoms with Crippen molar-refractivity contribution in [3.05, 3.63) is 142 Å². The molecule has 14 nitrogen and oxygen atoms in total. The maximum atomic E-state index is 12.1. The van der Waals surface area contributed by atoms with E-state index in [0.717, 1.165) is 33.0 Å². The standard InChI is InChI=1S/2C25H22N2O5/c1-26(2)15-6-9-18-21(12-15)32-22-13-16(27(3)4)7-10-19(22)23(18)20-11-14(24(28)29)5-8-17(20)25(30)31;1-26(2)15-6-9-18-21(12-15)32-22-13-16(27(3)4)7-10-19(22)23(18)17-8-5-14(24(28)29)11-20(17)25(30)31/h2*5-13H,1-4H3,(H-,28,29,30,31)/p+2. The number of fused-ring (bicyclic) bond motifs is 4. The number of nitrogens with zero attached hydrogens (tertiary/aromatic N) is 4. The van der Waals surface area contributed by atoms with Crippen LogP contribution >= 0.6 is 0 Å². The van der Waals surface area contributed by atoms with E-state index in [4.69, 9.17) is 8.83 Å². The SMILES string of the molecule is CN(C)c1ccc2c(-c3cc(C(=O)O)ccc3C(=O)O)c3ccc(=[N+](C)C)cc-3oc2c1.CN(C)c1ccc2c(-c3ccc(C(=O)O)cc3C(=O)O)c3ccc(=[N+](C)C)cc-3oc2c1. The van der Waals surface area contributed by atoms with Gasteiger partial charge in [0.25, 0.3) is 0 Å². The summed E-state index contributed by atoms with van der Waals surface area (Å²) in [5.41, 5.74) is 6.45.